The zero-order valence-corrected chi connectivity index (χ0v) is 9.89. The van der Waals surface area contributed by atoms with E-state index in [0.29, 0.717) is 6.54 Å². The lowest BCUT2D eigenvalue weighted by atomic mass is 10.1. The average Bonchev–Trinajstić information content (AvgIpc) is 2.29. The van der Waals surface area contributed by atoms with E-state index < -0.39 is 0 Å². The van der Waals surface area contributed by atoms with E-state index in [1.165, 1.54) is 0 Å². The van der Waals surface area contributed by atoms with Crippen LogP contribution in [0.4, 0.5) is 0 Å². The van der Waals surface area contributed by atoms with E-state index in [-0.39, 0.29) is 11.9 Å². The predicted octanol–water partition coefficient (Wildman–Crippen LogP) is 1.17. The molecule has 0 aliphatic rings. The van der Waals surface area contributed by atoms with Crippen LogP contribution in [-0.2, 0) is 11.3 Å². The molecule has 0 saturated carbocycles. The summed E-state index contributed by atoms with van der Waals surface area (Å²) < 4.78 is 0. The molecule has 1 heterocycles. The second-order valence-electron chi connectivity index (χ2n) is 3.94. The minimum atomic E-state index is -0.378. The van der Waals surface area contributed by atoms with Gasteiger partial charge < -0.3 is 10.6 Å². The second-order valence-corrected chi connectivity index (χ2v) is 3.94. The van der Waals surface area contributed by atoms with Crippen LogP contribution in [0.1, 0.15) is 25.3 Å². The van der Waals surface area contributed by atoms with Gasteiger partial charge in [-0.1, -0.05) is 13.3 Å². The highest BCUT2D eigenvalue weighted by Crippen LogP contribution is 2.04. The topological polar surface area (TPSA) is 59.2 Å². The van der Waals surface area contributed by atoms with Crippen LogP contribution in [0.5, 0.6) is 0 Å². The van der Waals surface area contributed by atoms with E-state index >= 15 is 0 Å². The van der Waals surface area contributed by atoms with Crippen LogP contribution < -0.4 is 5.73 Å². The van der Waals surface area contributed by atoms with Gasteiger partial charge in [-0.15, -0.1) is 0 Å². The first kappa shape index (κ1) is 12.6. The first-order valence-electron chi connectivity index (χ1n) is 5.54. The largest absolute Gasteiger partial charge is 0.340 e. The summed E-state index contributed by atoms with van der Waals surface area (Å²) in [5.74, 6) is -0.00124. The van der Waals surface area contributed by atoms with E-state index in [2.05, 4.69) is 4.98 Å². The Morgan fingerprint density at radius 1 is 1.50 bits per heavy atom. The molecule has 0 unspecified atom stereocenters. The number of rotatable bonds is 5. The monoisotopic (exact) mass is 221 g/mol. The van der Waals surface area contributed by atoms with Gasteiger partial charge in [0.15, 0.2) is 0 Å². The average molecular weight is 221 g/mol. The molecule has 1 atom stereocenters. The third-order valence-corrected chi connectivity index (χ3v) is 2.46. The molecule has 88 valence electrons. The molecule has 2 N–H and O–H groups in total. The maximum Gasteiger partial charge on any atom is 0.239 e. The van der Waals surface area contributed by atoms with Gasteiger partial charge in [0, 0.05) is 26.0 Å². The molecule has 0 bridgehead atoms. The van der Waals surface area contributed by atoms with Gasteiger partial charge in [0.1, 0.15) is 0 Å². The maximum absolute atomic E-state index is 11.8. The molecular formula is C12H19N3O. The molecule has 0 aromatic carbocycles. The van der Waals surface area contributed by atoms with Gasteiger partial charge in [0.05, 0.1) is 6.04 Å². The molecule has 0 aliphatic heterocycles. The molecule has 1 aromatic rings. The van der Waals surface area contributed by atoms with Crippen molar-refractivity contribution in [1.82, 2.24) is 9.88 Å². The summed E-state index contributed by atoms with van der Waals surface area (Å²) in [7, 11) is 1.78. The van der Waals surface area contributed by atoms with Crippen molar-refractivity contribution < 1.29 is 4.79 Å². The van der Waals surface area contributed by atoms with Gasteiger partial charge in [0.2, 0.25) is 5.91 Å². The highest BCUT2D eigenvalue weighted by Gasteiger charge is 2.16. The van der Waals surface area contributed by atoms with Crippen molar-refractivity contribution in [3.63, 3.8) is 0 Å². The van der Waals surface area contributed by atoms with Crippen molar-refractivity contribution in [1.29, 1.82) is 0 Å². The summed E-state index contributed by atoms with van der Waals surface area (Å²) in [6.45, 7) is 2.61. The first-order chi connectivity index (χ1) is 7.65. The van der Waals surface area contributed by atoms with E-state index in [1.807, 2.05) is 19.1 Å². The fourth-order valence-electron chi connectivity index (χ4n) is 1.56. The van der Waals surface area contributed by atoms with Crippen LogP contribution >= 0.6 is 0 Å². The van der Waals surface area contributed by atoms with E-state index in [0.717, 1.165) is 18.4 Å². The van der Waals surface area contributed by atoms with Crippen molar-refractivity contribution in [3.8, 4) is 0 Å². The fourth-order valence-corrected chi connectivity index (χ4v) is 1.56. The number of likely N-dealkylation sites (N-methyl/N-ethyl adjacent to an activating group) is 1. The Balaban J connectivity index is 2.52. The number of pyridine rings is 1. The SMILES string of the molecule is CCC[C@@H](N)C(=O)N(C)Cc1ccncc1. The molecule has 0 radical (unpaired) electrons. The van der Waals surface area contributed by atoms with Crippen LogP contribution in [0.25, 0.3) is 0 Å². The van der Waals surface area contributed by atoms with Crippen LogP contribution in [-0.4, -0.2) is 28.9 Å². The molecule has 16 heavy (non-hydrogen) atoms. The number of amides is 1. The summed E-state index contributed by atoms with van der Waals surface area (Å²) in [5, 5.41) is 0. The fraction of sp³-hybridized carbons (Fsp3) is 0.500. The molecule has 1 aromatic heterocycles. The summed E-state index contributed by atoms with van der Waals surface area (Å²) in [4.78, 5) is 17.4. The number of carbonyl (C=O) groups is 1. The number of aromatic nitrogens is 1. The Kier molecular flexibility index (Phi) is 4.92. The van der Waals surface area contributed by atoms with Gasteiger partial charge in [-0.3, -0.25) is 9.78 Å². The smallest absolute Gasteiger partial charge is 0.239 e. The summed E-state index contributed by atoms with van der Waals surface area (Å²) in [6, 6.07) is 3.42. The number of nitrogens with two attached hydrogens (primary N) is 1. The van der Waals surface area contributed by atoms with Gasteiger partial charge >= 0.3 is 0 Å². The van der Waals surface area contributed by atoms with Crippen molar-refractivity contribution in [2.45, 2.75) is 32.4 Å². The number of hydrogen-bond acceptors (Lipinski definition) is 3. The van der Waals surface area contributed by atoms with E-state index in [4.69, 9.17) is 5.73 Å². The Morgan fingerprint density at radius 3 is 2.69 bits per heavy atom. The second kappa shape index (κ2) is 6.23. The van der Waals surface area contributed by atoms with Gasteiger partial charge in [-0.25, -0.2) is 0 Å². The summed E-state index contributed by atoms with van der Waals surface area (Å²) >= 11 is 0. The Morgan fingerprint density at radius 2 is 2.12 bits per heavy atom. The Labute approximate surface area is 96.5 Å². The lowest BCUT2D eigenvalue weighted by Crippen LogP contribution is -2.41. The zero-order chi connectivity index (χ0) is 12.0. The van der Waals surface area contributed by atoms with Gasteiger partial charge in [-0.2, -0.15) is 0 Å². The third-order valence-electron chi connectivity index (χ3n) is 2.46. The zero-order valence-electron chi connectivity index (χ0n) is 9.89. The molecule has 0 saturated heterocycles. The normalized spacial score (nSPS) is 12.2. The summed E-state index contributed by atoms with van der Waals surface area (Å²) in [6.07, 6.45) is 5.11. The lowest BCUT2D eigenvalue weighted by Gasteiger charge is -2.21. The number of nitrogens with zero attached hydrogens (tertiary/aromatic N) is 2. The minimum absolute atomic E-state index is 0.00124. The molecule has 1 rings (SSSR count). The number of hydrogen-bond donors (Lipinski definition) is 1. The van der Waals surface area contributed by atoms with Crippen LogP contribution in [0.2, 0.25) is 0 Å². The Hall–Kier alpha value is -1.42. The summed E-state index contributed by atoms with van der Waals surface area (Å²) in [5.41, 5.74) is 6.84. The van der Waals surface area contributed by atoms with Gasteiger partial charge in [0.25, 0.3) is 0 Å². The minimum Gasteiger partial charge on any atom is -0.340 e. The highest BCUT2D eigenvalue weighted by molar-refractivity contribution is 5.81. The van der Waals surface area contributed by atoms with Crippen molar-refractivity contribution >= 4 is 5.91 Å². The Bertz CT molecular complexity index is 326. The predicted molar refractivity (Wildman–Crippen MR) is 63.6 cm³/mol. The van der Waals surface area contributed by atoms with Crippen LogP contribution in [0.15, 0.2) is 24.5 Å². The maximum atomic E-state index is 11.8. The quantitative estimate of drug-likeness (QED) is 0.812. The molecular weight excluding hydrogens is 202 g/mol. The van der Waals surface area contributed by atoms with Gasteiger partial charge in [-0.05, 0) is 24.1 Å². The number of carbonyl (C=O) groups excluding carboxylic acids is 1. The molecule has 0 aliphatic carbocycles. The van der Waals surface area contributed by atoms with Crippen molar-refractivity contribution in [3.05, 3.63) is 30.1 Å². The molecule has 0 fully saturated rings. The van der Waals surface area contributed by atoms with E-state index in [1.54, 1.807) is 24.3 Å². The van der Waals surface area contributed by atoms with Crippen molar-refractivity contribution in [2.24, 2.45) is 5.73 Å². The van der Waals surface area contributed by atoms with Crippen molar-refractivity contribution in [2.75, 3.05) is 7.05 Å². The lowest BCUT2D eigenvalue weighted by molar-refractivity contribution is -0.131. The van der Waals surface area contributed by atoms with E-state index in [9.17, 15) is 4.79 Å². The van der Waals surface area contributed by atoms with Crippen LogP contribution in [0, 0.1) is 0 Å². The first-order valence-corrected chi connectivity index (χ1v) is 5.54. The standard InChI is InChI=1S/C12H19N3O/c1-3-4-11(13)12(16)15(2)9-10-5-7-14-8-6-10/h5-8,11H,3-4,9,13H2,1-2H3/t11-/m1/s1. The molecule has 4 nitrogen and oxygen atoms in total. The molecule has 0 spiro atoms. The highest BCUT2D eigenvalue weighted by atomic mass is 16.2. The van der Waals surface area contributed by atoms with Crippen LogP contribution in [0.3, 0.4) is 0 Å². The third kappa shape index (κ3) is 3.62. The molecule has 1 amide bonds. The molecule has 4 heteroatoms.